The normalized spacial score (nSPS) is 11.1. The van der Waals surface area contributed by atoms with Gasteiger partial charge in [0.25, 0.3) is 0 Å². The third kappa shape index (κ3) is 2.52. The van der Waals surface area contributed by atoms with E-state index in [4.69, 9.17) is 9.52 Å². The largest absolute Gasteiger partial charge is 0.426 e. The molecule has 0 N–H and O–H groups in total. The molecule has 0 spiro atoms. The highest BCUT2D eigenvalue weighted by molar-refractivity contribution is 5.93. The lowest BCUT2D eigenvalue weighted by Gasteiger charge is -2.13. The molecule has 4 aromatic rings. The number of aromatic nitrogens is 4. The second-order valence-electron chi connectivity index (χ2n) is 5.80. The Kier molecular flexibility index (Phi) is 3.49. The number of benzene rings is 2. The van der Waals surface area contributed by atoms with Crippen molar-refractivity contribution in [2.45, 2.75) is 6.54 Å². The SMILES string of the molecule is CN(C)c1cccc(-c2nn(Cc3nnco3)c3ccccc23)c1. The molecule has 24 heavy (non-hydrogen) atoms. The smallest absolute Gasteiger partial charge is 0.237 e. The van der Waals surface area contributed by atoms with Gasteiger partial charge in [0, 0.05) is 30.7 Å². The molecule has 2 aromatic carbocycles. The van der Waals surface area contributed by atoms with Crippen molar-refractivity contribution in [2.24, 2.45) is 0 Å². The van der Waals surface area contributed by atoms with Crippen LogP contribution in [0.1, 0.15) is 5.89 Å². The lowest BCUT2D eigenvalue weighted by molar-refractivity contribution is 0.469. The average Bonchev–Trinajstić information content (AvgIpc) is 3.24. The molecule has 4 rings (SSSR count). The van der Waals surface area contributed by atoms with E-state index < -0.39 is 0 Å². The van der Waals surface area contributed by atoms with Gasteiger partial charge in [-0.3, -0.25) is 4.68 Å². The Morgan fingerprint density at radius 3 is 2.75 bits per heavy atom. The molecule has 120 valence electrons. The molecule has 0 bridgehead atoms. The number of hydrogen-bond acceptors (Lipinski definition) is 5. The molecule has 0 radical (unpaired) electrons. The molecule has 0 saturated carbocycles. The highest BCUT2D eigenvalue weighted by Gasteiger charge is 2.14. The van der Waals surface area contributed by atoms with Crippen molar-refractivity contribution < 1.29 is 4.42 Å². The zero-order valence-electron chi connectivity index (χ0n) is 13.5. The summed E-state index contributed by atoms with van der Waals surface area (Å²) in [7, 11) is 4.07. The minimum atomic E-state index is 0.452. The topological polar surface area (TPSA) is 60.0 Å². The third-order valence-corrected chi connectivity index (χ3v) is 3.98. The van der Waals surface area contributed by atoms with Crippen LogP contribution in [0.4, 0.5) is 5.69 Å². The molecule has 6 nitrogen and oxygen atoms in total. The summed E-state index contributed by atoms with van der Waals surface area (Å²) in [5.41, 5.74) is 4.22. The molecular formula is C18H17N5O. The molecule has 0 fully saturated rings. The molecule has 2 heterocycles. The van der Waals surface area contributed by atoms with Crippen molar-refractivity contribution in [3.8, 4) is 11.3 Å². The summed E-state index contributed by atoms with van der Waals surface area (Å²) in [6.45, 7) is 0.452. The van der Waals surface area contributed by atoms with E-state index in [9.17, 15) is 0 Å². The molecule has 0 aliphatic rings. The predicted molar refractivity (Wildman–Crippen MR) is 92.9 cm³/mol. The van der Waals surface area contributed by atoms with E-state index in [2.05, 4.69) is 51.5 Å². The predicted octanol–water partition coefficient (Wildman–Crippen LogP) is 3.20. The van der Waals surface area contributed by atoms with E-state index in [1.165, 1.54) is 6.39 Å². The van der Waals surface area contributed by atoms with Crippen molar-refractivity contribution in [1.82, 2.24) is 20.0 Å². The molecular weight excluding hydrogens is 302 g/mol. The van der Waals surface area contributed by atoms with Gasteiger partial charge in [0.1, 0.15) is 12.2 Å². The zero-order chi connectivity index (χ0) is 16.5. The second kappa shape index (κ2) is 5.81. The summed E-state index contributed by atoms with van der Waals surface area (Å²) in [5.74, 6) is 0.539. The van der Waals surface area contributed by atoms with E-state index in [1.54, 1.807) is 0 Å². The van der Waals surface area contributed by atoms with Gasteiger partial charge < -0.3 is 9.32 Å². The fraction of sp³-hybridized carbons (Fsp3) is 0.167. The van der Waals surface area contributed by atoms with Crippen LogP contribution >= 0.6 is 0 Å². The minimum absolute atomic E-state index is 0.452. The number of anilines is 1. The van der Waals surface area contributed by atoms with Crippen LogP contribution in [0.15, 0.2) is 59.3 Å². The molecule has 2 aromatic heterocycles. The van der Waals surface area contributed by atoms with Crippen LogP contribution in [-0.2, 0) is 6.54 Å². The molecule has 0 atom stereocenters. The second-order valence-corrected chi connectivity index (χ2v) is 5.80. The number of rotatable bonds is 4. The Morgan fingerprint density at radius 2 is 1.96 bits per heavy atom. The summed E-state index contributed by atoms with van der Waals surface area (Å²) in [5, 5.41) is 13.6. The fourth-order valence-electron chi connectivity index (χ4n) is 2.79. The van der Waals surface area contributed by atoms with Gasteiger partial charge in [-0.2, -0.15) is 5.10 Å². The molecule has 6 heteroatoms. The summed E-state index contributed by atoms with van der Waals surface area (Å²) in [4.78, 5) is 2.08. The first-order chi connectivity index (χ1) is 11.7. The van der Waals surface area contributed by atoms with E-state index >= 15 is 0 Å². The maximum atomic E-state index is 5.26. The van der Waals surface area contributed by atoms with Crippen LogP contribution in [0.3, 0.4) is 0 Å². The number of para-hydroxylation sites is 1. The van der Waals surface area contributed by atoms with Gasteiger partial charge in [-0.05, 0) is 18.2 Å². The Balaban J connectivity index is 1.85. The summed E-state index contributed by atoms with van der Waals surface area (Å²) < 4.78 is 7.17. The van der Waals surface area contributed by atoms with Gasteiger partial charge >= 0.3 is 0 Å². The Bertz CT molecular complexity index is 972. The monoisotopic (exact) mass is 319 g/mol. The van der Waals surface area contributed by atoms with Gasteiger partial charge in [0.05, 0.1) is 5.52 Å². The maximum absolute atomic E-state index is 5.26. The van der Waals surface area contributed by atoms with Crippen LogP contribution in [0, 0.1) is 0 Å². The summed E-state index contributed by atoms with van der Waals surface area (Å²) >= 11 is 0. The Hall–Kier alpha value is -3.15. The highest BCUT2D eigenvalue weighted by Crippen LogP contribution is 2.30. The summed E-state index contributed by atoms with van der Waals surface area (Å²) in [6.07, 6.45) is 1.34. The van der Waals surface area contributed by atoms with E-state index in [1.807, 2.05) is 30.9 Å². The quantitative estimate of drug-likeness (QED) is 0.578. The Morgan fingerprint density at radius 1 is 1.08 bits per heavy atom. The van der Waals surface area contributed by atoms with Crippen molar-refractivity contribution >= 4 is 16.6 Å². The first-order valence-electron chi connectivity index (χ1n) is 7.71. The molecule has 0 saturated heterocycles. The van der Waals surface area contributed by atoms with Crippen LogP contribution in [0.25, 0.3) is 22.2 Å². The summed E-state index contributed by atoms with van der Waals surface area (Å²) in [6, 6.07) is 16.5. The van der Waals surface area contributed by atoms with Crippen molar-refractivity contribution in [3.05, 3.63) is 60.8 Å². The number of nitrogens with zero attached hydrogens (tertiary/aromatic N) is 5. The average molecular weight is 319 g/mol. The lowest BCUT2D eigenvalue weighted by Crippen LogP contribution is -2.08. The van der Waals surface area contributed by atoms with Crippen molar-refractivity contribution in [2.75, 3.05) is 19.0 Å². The lowest BCUT2D eigenvalue weighted by atomic mass is 10.1. The van der Waals surface area contributed by atoms with Gasteiger partial charge in [-0.1, -0.05) is 30.3 Å². The highest BCUT2D eigenvalue weighted by atomic mass is 16.4. The zero-order valence-corrected chi connectivity index (χ0v) is 13.5. The Labute approximate surface area is 139 Å². The minimum Gasteiger partial charge on any atom is -0.426 e. The van der Waals surface area contributed by atoms with E-state index in [0.717, 1.165) is 27.8 Å². The first-order valence-corrected chi connectivity index (χ1v) is 7.71. The van der Waals surface area contributed by atoms with Crippen LogP contribution in [0.2, 0.25) is 0 Å². The van der Waals surface area contributed by atoms with E-state index in [-0.39, 0.29) is 0 Å². The van der Waals surface area contributed by atoms with Crippen molar-refractivity contribution in [3.63, 3.8) is 0 Å². The van der Waals surface area contributed by atoms with Gasteiger partial charge in [0.15, 0.2) is 0 Å². The molecule has 0 unspecified atom stereocenters. The van der Waals surface area contributed by atoms with Gasteiger partial charge in [-0.25, -0.2) is 0 Å². The standard InChI is InChI=1S/C18H17N5O/c1-22(2)14-7-5-6-13(10-14)18-15-8-3-4-9-16(15)23(21-18)11-17-20-19-12-24-17/h3-10,12H,11H2,1-2H3. The van der Waals surface area contributed by atoms with Crippen LogP contribution < -0.4 is 4.90 Å². The first kappa shape index (κ1) is 14.4. The van der Waals surface area contributed by atoms with Gasteiger partial charge in [-0.15, -0.1) is 10.2 Å². The molecule has 0 aliphatic heterocycles. The van der Waals surface area contributed by atoms with Gasteiger partial charge in [0.2, 0.25) is 12.3 Å². The third-order valence-electron chi connectivity index (χ3n) is 3.98. The van der Waals surface area contributed by atoms with Crippen molar-refractivity contribution in [1.29, 1.82) is 0 Å². The molecule has 0 amide bonds. The number of hydrogen-bond donors (Lipinski definition) is 0. The maximum Gasteiger partial charge on any atom is 0.237 e. The number of fused-ring (bicyclic) bond motifs is 1. The van der Waals surface area contributed by atoms with Crippen LogP contribution in [-0.4, -0.2) is 34.1 Å². The van der Waals surface area contributed by atoms with Crippen LogP contribution in [0.5, 0.6) is 0 Å². The molecule has 0 aliphatic carbocycles. The fourth-order valence-corrected chi connectivity index (χ4v) is 2.79. The van der Waals surface area contributed by atoms with E-state index in [0.29, 0.717) is 12.4 Å².